The van der Waals surface area contributed by atoms with Crippen molar-refractivity contribution < 1.29 is 17.6 Å². The van der Waals surface area contributed by atoms with Crippen LogP contribution in [0.3, 0.4) is 0 Å². The molecular weight excluding hydrogens is 399 g/mol. The molecule has 3 rings (SSSR count). The van der Waals surface area contributed by atoms with Gasteiger partial charge in [0.1, 0.15) is 5.82 Å². The first-order valence-electron chi connectivity index (χ1n) is 8.94. The number of fused-ring (bicyclic) bond motifs is 1. The number of sulfone groups is 1. The first kappa shape index (κ1) is 20.4. The van der Waals surface area contributed by atoms with E-state index in [0.717, 1.165) is 28.8 Å². The Morgan fingerprint density at radius 3 is 2.57 bits per heavy atom. The molecule has 1 heterocycles. The maximum atomic E-state index is 12.9. The highest BCUT2D eigenvalue weighted by Crippen LogP contribution is 2.19. The molecule has 2 aromatic carbocycles. The van der Waals surface area contributed by atoms with Crippen molar-refractivity contribution in [3.8, 4) is 0 Å². The van der Waals surface area contributed by atoms with Gasteiger partial charge in [0.15, 0.2) is 14.6 Å². The molecule has 0 fully saturated rings. The lowest BCUT2D eigenvalue weighted by Crippen LogP contribution is -2.14. The molecule has 0 aliphatic rings. The number of carbonyl (C=O) groups is 1. The molecule has 0 aliphatic heterocycles. The van der Waals surface area contributed by atoms with Crippen LogP contribution in [0.4, 0.5) is 4.39 Å². The van der Waals surface area contributed by atoms with E-state index in [2.05, 4.69) is 24.0 Å². The third-order valence-electron chi connectivity index (χ3n) is 4.48. The van der Waals surface area contributed by atoms with Gasteiger partial charge in [0.05, 0.1) is 20.9 Å². The Kier molecular flexibility index (Phi) is 6.10. The van der Waals surface area contributed by atoms with Crippen LogP contribution in [-0.2, 0) is 28.1 Å². The molecule has 0 radical (unpaired) electrons. The number of benzene rings is 2. The lowest BCUT2D eigenvalue weighted by atomic mass is 10.2. The summed E-state index contributed by atoms with van der Waals surface area (Å²) < 4.78 is 40.4. The number of thiazole rings is 1. The second-order valence-electron chi connectivity index (χ2n) is 6.48. The van der Waals surface area contributed by atoms with Crippen LogP contribution in [0.5, 0.6) is 0 Å². The van der Waals surface area contributed by atoms with Crippen molar-refractivity contribution in [2.24, 2.45) is 12.0 Å². The fraction of sp³-hybridized carbons (Fsp3) is 0.300. The molecule has 1 amide bonds. The van der Waals surface area contributed by atoms with Crippen LogP contribution < -0.4 is 4.80 Å². The smallest absolute Gasteiger partial charge is 0.248 e. The molecule has 0 aliphatic carbocycles. The van der Waals surface area contributed by atoms with Crippen molar-refractivity contribution in [3.05, 3.63) is 58.6 Å². The first-order chi connectivity index (χ1) is 13.3. The zero-order valence-electron chi connectivity index (χ0n) is 15.7. The molecule has 8 heteroatoms. The molecule has 0 atom stereocenters. The van der Waals surface area contributed by atoms with E-state index in [9.17, 15) is 17.6 Å². The molecule has 5 nitrogen and oxygen atoms in total. The Morgan fingerprint density at radius 2 is 1.89 bits per heavy atom. The van der Waals surface area contributed by atoms with Crippen molar-refractivity contribution in [2.75, 3.05) is 5.75 Å². The molecule has 0 saturated heterocycles. The number of hydrogen-bond donors (Lipinski definition) is 0. The first-order valence-corrected chi connectivity index (χ1v) is 11.4. The van der Waals surface area contributed by atoms with Gasteiger partial charge in [0.25, 0.3) is 0 Å². The molecule has 0 unspecified atom stereocenters. The summed E-state index contributed by atoms with van der Waals surface area (Å²) in [5.41, 5.74) is 2.23. The monoisotopic (exact) mass is 420 g/mol. The Bertz CT molecular complexity index is 1180. The highest BCUT2D eigenvalue weighted by molar-refractivity contribution is 7.91. The molecule has 0 bridgehead atoms. The summed E-state index contributed by atoms with van der Waals surface area (Å²) in [6.45, 7) is 2.09. The molecule has 148 valence electrons. The van der Waals surface area contributed by atoms with Crippen LogP contribution >= 0.6 is 11.3 Å². The predicted molar refractivity (Wildman–Crippen MR) is 108 cm³/mol. The minimum absolute atomic E-state index is 0.0366. The van der Waals surface area contributed by atoms with Crippen molar-refractivity contribution in [3.63, 3.8) is 0 Å². The third kappa shape index (κ3) is 4.56. The van der Waals surface area contributed by atoms with E-state index < -0.39 is 15.7 Å². The van der Waals surface area contributed by atoms with Crippen LogP contribution in [0.15, 0.2) is 52.4 Å². The number of hydrogen-bond acceptors (Lipinski definition) is 4. The van der Waals surface area contributed by atoms with Crippen LogP contribution in [0.2, 0.25) is 0 Å². The lowest BCUT2D eigenvalue weighted by Gasteiger charge is -2.03. The van der Waals surface area contributed by atoms with E-state index >= 15 is 0 Å². The maximum Gasteiger partial charge on any atom is 0.248 e. The normalized spacial score (nSPS) is 12.6. The summed E-state index contributed by atoms with van der Waals surface area (Å²) in [6.07, 6.45) is 1.14. The van der Waals surface area contributed by atoms with E-state index in [-0.39, 0.29) is 29.4 Å². The molecule has 0 saturated carbocycles. The standard InChI is InChI=1S/C20H21FN2O3S2/c1-3-14-6-11-17-18(13-14)27-20(23(17)2)22-19(24)5-4-12-28(25,26)16-9-7-15(21)8-10-16/h6-11,13H,3-5,12H2,1-2H3. The van der Waals surface area contributed by atoms with E-state index in [4.69, 9.17) is 0 Å². The van der Waals surface area contributed by atoms with E-state index in [1.807, 2.05) is 17.7 Å². The molecule has 28 heavy (non-hydrogen) atoms. The van der Waals surface area contributed by atoms with Gasteiger partial charge in [0, 0.05) is 13.5 Å². The van der Waals surface area contributed by atoms with Gasteiger partial charge in [-0.2, -0.15) is 4.99 Å². The Morgan fingerprint density at radius 1 is 1.18 bits per heavy atom. The number of amides is 1. The summed E-state index contributed by atoms with van der Waals surface area (Å²) in [5, 5.41) is 0. The molecule has 3 aromatic rings. The van der Waals surface area contributed by atoms with Gasteiger partial charge in [-0.05, 0) is 54.8 Å². The minimum Gasteiger partial charge on any atom is -0.319 e. The predicted octanol–water partition coefficient (Wildman–Crippen LogP) is 3.62. The average Bonchev–Trinajstić information content (AvgIpc) is 2.96. The summed E-state index contributed by atoms with van der Waals surface area (Å²) in [7, 11) is -1.69. The number of carbonyl (C=O) groups excluding carboxylic acids is 1. The maximum absolute atomic E-state index is 12.9. The largest absolute Gasteiger partial charge is 0.319 e. The van der Waals surface area contributed by atoms with Crippen LogP contribution in [0.1, 0.15) is 25.3 Å². The van der Waals surface area contributed by atoms with Crippen molar-refractivity contribution in [2.45, 2.75) is 31.1 Å². The van der Waals surface area contributed by atoms with E-state index in [1.165, 1.54) is 29.0 Å². The number of aromatic nitrogens is 1. The summed E-state index contributed by atoms with van der Waals surface area (Å²) in [6, 6.07) is 10.9. The fourth-order valence-corrected chi connectivity index (χ4v) is 5.25. The summed E-state index contributed by atoms with van der Waals surface area (Å²) in [5.74, 6) is -1.03. The van der Waals surface area contributed by atoms with Crippen LogP contribution in [0.25, 0.3) is 10.2 Å². The van der Waals surface area contributed by atoms with Gasteiger partial charge >= 0.3 is 0 Å². The molecule has 0 spiro atoms. The number of nitrogens with zero attached hydrogens (tertiary/aromatic N) is 2. The molecular formula is C20H21FN2O3S2. The van der Waals surface area contributed by atoms with Crippen LogP contribution in [-0.4, -0.2) is 24.6 Å². The highest BCUT2D eigenvalue weighted by atomic mass is 32.2. The van der Waals surface area contributed by atoms with Gasteiger partial charge in [0.2, 0.25) is 5.91 Å². The number of rotatable bonds is 6. The Labute approximate surface area is 167 Å². The summed E-state index contributed by atoms with van der Waals surface area (Å²) >= 11 is 1.44. The topological polar surface area (TPSA) is 68.5 Å². The zero-order valence-corrected chi connectivity index (χ0v) is 17.3. The SMILES string of the molecule is CCc1ccc2c(c1)sc(=NC(=O)CCCS(=O)(=O)c1ccc(F)cc1)n2C. The van der Waals surface area contributed by atoms with Gasteiger partial charge < -0.3 is 4.57 Å². The van der Waals surface area contributed by atoms with Gasteiger partial charge in [-0.25, -0.2) is 12.8 Å². The van der Waals surface area contributed by atoms with E-state index in [1.54, 1.807) is 0 Å². The second-order valence-corrected chi connectivity index (χ2v) is 9.60. The van der Waals surface area contributed by atoms with Gasteiger partial charge in [-0.1, -0.05) is 24.3 Å². The molecule has 0 N–H and O–H groups in total. The van der Waals surface area contributed by atoms with Crippen molar-refractivity contribution >= 4 is 37.3 Å². The van der Waals surface area contributed by atoms with E-state index in [0.29, 0.717) is 4.80 Å². The zero-order chi connectivity index (χ0) is 20.3. The quantitative estimate of drug-likeness (QED) is 0.572. The Balaban J connectivity index is 1.69. The lowest BCUT2D eigenvalue weighted by molar-refractivity contribution is -0.118. The summed E-state index contributed by atoms with van der Waals surface area (Å²) in [4.78, 5) is 17.0. The van der Waals surface area contributed by atoms with Crippen molar-refractivity contribution in [1.29, 1.82) is 0 Å². The van der Waals surface area contributed by atoms with Crippen molar-refractivity contribution in [1.82, 2.24) is 4.57 Å². The average molecular weight is 421 g/mol. The Hall–Kier alpha value is -2.32. The van der Waals surface area contributed by atoms with Crippen LogP contribution in [0, 0.1) is 5.82 Å². The fourth-order valence-electron chi connectivity index (χ4n) is 2.84. The molecule has 1 aromatic heterocycles. The number of halogens is 1. The van der Waals surface area contributed by atoms with Gasteiger partial charge in [-0.3, -0.25) is 4.79 Å². The van der Waals surface area contributed by atoms with Gasteiger partial charge in [-0.15, -0.1) is 0 Å². The minimum atomic E-state index is -3.55. The number of aryl methyl sites for hydroxylation is 2. The second kappa shape index (κ2) is 8.36. The third-order valence-corrected chi connectivity index (χ3v) is 7.39. The highest BCUT2D eigenvalue weighted by Gasteiger charge is 2.15.